The maximum Gasteiger partial charge on any atom is 0.259 e. The minimum Gasteiger partial charge on any atom is -0.365 e. The van der Waals surface area contributed by atoms with Gasteiger partial charge in [-0.1, -0.05) is 24.3 Å². The molecule has 0 radical (unpaired) electrons. The van der Waals surface area contributed by atoms with Gasteiger partial charge in [0.25, 0.3) is 5.91 Å². The molecule has 1 amide bonds. The van der Waals surface area contributed by atoms with Gasteiger partial charge in [-0.25, -0.2) is 0 Å². The molecule has 1 heterocycles. The summed E-state index contributed by atoms with van der Waals surface area (Å²) in [4.78, 5) is 10.9. The number of H-pyrrole nitrogens is 1. The summed E-state index contributed by atoms with van der Waals surface area (Å²) in [5, 5.41) is 15.3. The first-order valence-electron chi connectivity index (χ1n) is 5.21. The van der Waals surface area contributed by atoms with E-state index in [0.29, 0.717) is 0 Å². The zero-order chi connectivity index (χ0) is 13.0. The van der Waals surface area contributed by atoms with Gasteiger partial charge in [-0.05, 0) is 17.2 Å². The average Bonchev–Trinajstić information content (AvgIpc) is 2.90. The number of aromatic amines is 1. The lowest BCUT2D eigenvalue weighted by atomic mass is 10.1. The van der Waals surface area contributed by atoms with Crippen LogP contribution in [-0.4, -0.2) is 16.1 Å². The number of nitrogens with two attached hydrogens (primary N) is 1. The monoisotopic (exact) mass is 238 g/mol. The molecule has 1 aromatic heterocycles. The summed E-state index contributed by atoms with van der Waals surface area (Å²) >= 11 is 0. The summed E-state index contributed by atoms with van der Waals surface area (Å²) in [7, 11) is 0. The summed E-state index contributed by atoms with van der Waals surface area (Å²) in [6, 6.07) is 9.14. The minimum atomic E-state index is -0.726. The average molecular weight is 238 g/mol. The van der Waals surface area contributed by atoms with Gasteiger partial charge in [-0.3, -0.25) is 9.89 Å². The highest BCUT2D eigenvalue weighted by molar-refractivity contribution is 6.00. The van der Waals surface area contributed by atoms with Crippen LogP contribution in [0, 0.1) is 11.3 Å². The SMILES string of the molecule is N#CC(=Cc1ccc(-c2cn[nH]c2)cc1)C(N)=O. The maximum atomic E-state index is 10.9. The molecule has 18 heavy (non-hydrogen) atoms. The Morgan fingerprint density at radius 2 is 2.06 bits per heavy atom. The molecule has 0 aliphatic carbocycles. The van der Waals surface area contributed by atoms with E-state index in [4.69, 9.17) is 11.0 Å². The quantitative estimate of drug-likeness (QED) is 0.626. The number of hydrogen-bond donors (Lipinski definition) is 2. The second-order valence-electron chi connectivity index (χ2n) is 3.64. The zero-order valence-electron chi connectivity index (χ0n) is 9.42. The maximum absolute atomic E-state index is 10.9. The second kappa shape index (κ2) is 4.97. The number of nitrogens with zero attached hydrogens (tertiary/aromatic N) is 2. The highest BCUT2D eigenvalue weighted by Gasteiger charge is 2.03. The van der Waals surface area contributed by atoms with E-state index in [1.807, 2.05) is 24.3 Å². The van der Waals surface area contributed by atoms with Crippen LogP contribution in [0.5, 0.6) is 0 Å². The van der Waals surface area contributed by atoms with Crippen molar-refractivity contribution in [1.29, 1.82) is 5.26 Å². The van der Waals surface area contributed by atoms with Gasteiger partial charge in [-0.2, -0.15) is 10.4 Å². The van der Waals surface area contributed by atoms with Gasteiger partial charge in [0.1, 0.15) is 11.6 Å². The van der Waals surface area contributed by atoms with Crippen molar-refractivity contribution in [3.8, 4) is 17.2 Å². The van der Waals surface area contributed by atoms with Gasteiger partial charge in [0, 0.05) is 11.8 Å². The van der Waals surface area contributed by atoms with Gasteiger partial charge < -0.3 is 5.73 Å². The number of rotatable bonds is 3. The van der Waals surface area contributed by atoms with Crippen LogP contribution in [-0.2, 0) is 4.79 Å². The molecule has 3 N–H and O–H groups in total. The standard InChI is InChI=1S/C13H10N4O/c14-6-11(13(15)18)5-9-1-3-10(4-2-9)12-7-16-17-8-12/h1-5,7-8H,(H2,15,18)(H,16,17). The number of benzene rings is 1. The van der Waals surface area contributed by atoms with Crippen LogP contribution in [0.4, 0.5) is 0 Å². The van der Waals surface area contributed by atoms with Crippen LogP contribution in [0.1, 0.15) is 5.56 Å². The van der Waals surface area contributed by atoms with Crippen molar-refractivity contribution in [2.24, 2.45) is 5.73 Å². The molecule has 0 atom stereocenters. The van der Waals surface area contributed by atoms with E-state index in [1.165, 1.54) is 6.08 Å². The molecule has 0 unspecified atom stereocenters. The van der Waals surface area contributed by atoms with Gasteiger partial charge >= 0.3 is 0 Å². The normalized spacial score (nSPS) is 10.9. The number of aromatic nitrogens is 2. The van der Waals surface area contributed by atoms with Crippen LogP contribution in [0.15, 0.2) is 42.2 Å². The largest absolute Gasteiger partial charge is 0.365 e. The second-order valence-corrected chi connectivity index (χ2v) is 3.64. The number of carbonyl (C=O) groups excluding carboxylic acids is 1. The van der Waals surface area contributed by atoms with Crippen molar-refractivity contribution >= 4 is 12.0 Å². The molecule has 2 rings (SSSR count). The minimum absolute atomic E-state index is 0.0638. The molecule has 0 saturated heterocycles. The molecule has 5 heteroatoms. The first-order chi connectivity index (χ1) is 8.70. The number of primary amides is 1. The van der Waals surface area contributed by atoms with Gasteiger partial charge in [0.2, 0.25) is 0 Å². The van der Waals surface area contributed by atoms with E-state index in [9.17, 15) is 4.79 Å². The van der Waals surface area contributed by atoms with Gasteiger partial charge in [0.15, 0.2) is 0 Å². The van der Waals surface area contributed by atoms with Crippen LogP contribution in [0.3, 0.4) is 0 Å². The third kappa shape index (κ3) is 2.44. The van der Waals surface area contributed by atoms with Crippen LogP contribution < -0.4 is 5.73 Å². The van der Waals surface area contributed by atoms with Crippen molar-refractivity contribution in [3.63, 3.8) is 0 Å². The van der Waals surface area contributed by atoms with Crippen molar-refractivity contribution in [1.82, 2.24) is 10.2 Å². The Morgan fingerprint density at radius 3 is 2.56 bits per heavy atom. The smallest absolute Gasteiger partial charge is 0.259 e. The summed E-state index contributed by atoms with van der Waals surface area (Å²) in [5.41, 5.74) is 7.72. The van der Waals surface area contributed by atoms with Crippen molar-refractivity contribution in [3.05, 3.63) is 47.8 Å². The Kier molecular flexibility index (Phi) is 3.21. The number of hydrogen-bond acceptors (Lipinski definition) is 3. The molecule has 0 aliphatic rings. The number of carbonyl (C=O) groups is 1. The third-order valence-electron chi connectivity index (χ3n) is 2.44. The molecule has 88 valence electrons. The molecule has 0 spiro atoms. The highest BCUT2D eigenvalue weighted by atomic mass is 16.1. The summed E-state index contributed by atoms with van der Waals surface area (Å²) in [5.74, 6) is -0.726. The highest BCUT2D eigenvalue weighted by Crippen LogP contribution is 2.18. The van der Waals surface area contributed by atoms with E-state index in [2.05, 4.69) is 10.2 Å². The van der Waals surface area contributed by atoms with Crippen molar-refractivity contribution in [2.75, 3.05) is 0 Å². The van der Waals surface area contributed by atoms with Crippen molar-refractivity contribution < 1.29 is 4.79 Å². The van der Waals surface area contributed by atoms with Gasteiger partial charge in [-0.15, -0.1) is 0 Å². The van der Waals surface area contributed by atoms with E-state index < -0.39 is 5.91 Å². The molecular weight excluding hydrogens is 228 g/mol. The first kappa shape index (κ1) is 11.6. The summed E-state index contributed by atoms with van der Waals surface area (Å²) in [6.07, 6.45) is 4.96. The first-order valence-corrected chi connectivity index (χ1v) is 5.21. The Bertz CT molecular complexity index is 618. The molecule has 5 nitrogen and oxygen atoms in total. The lowest BCUT2D eigenvalue weighted by Crippen LogP contribution is -2.12. The van der Waals surface area contributed by atoms with E-state index in [0.717, 1.165) is 16.7 Å². The Hall–Kier alpha value is -2.87. The number of amides is 1. The zero-order valence-corrected chi connectivity index (χ0v) is 9.42. The fraction of sp³-hybridized carbons (Fsp3) is 0. The third-order valence-corrected chi connectivity index (χ3v) is 2.44. The molecular formula is C13H10N4O. The summed E-state index contributed by atoms with van der Waals surface area (Å²) < 4.78 is 0. The fourth-order valence-corrected chi connectivity index (χ4v) is 1.51. The number of nitrogens with one attached hydrogen (secondary N) is 1. The predicted molar refractivity (Wildman–Crippen MR) is 66.8 cm³/mol. The topological polar surface area (TPSA) is 95.6 Å². The van der Waals surface area contributed by atoms with Crippen LogP contribution in [0.2, 0.25) is 0 Å². The van der Waals surface area contributed by atoms with E-state index >= 15 is 0 Å². The molecule has 0 aliphatic heterocycles. The molecule has 0 fully saturated rings. The molecule has 0 bridgehead atoms. The Balaban J connectivity index is 2.29. The van der Waals surface area contributed by atoms with E-state index in [-0.39, 0.29) is 5.57 Å². The Morgan fingerprint density at radius 1 is 1.33 bits per heavy atom. The molecule has 2 aromatic rings. The Labute approximate surface area is 104 Å². The number of nitriles is 1. The predicted octanol–water partition coefficient (Wildman–Crippen LogP) is 1.47. The van der Waals surface area contributed by atoms with E-state index in [1.54, 1.807) is 18.5 Å². The summed E-state index contributed by atoms with van der Waals surface area (Å²) in [6.45, 7) is 0. The molecule has 0 saturated carbocycles. The van der Waals surface area contributed by atoms with Crippen LogP contribution >= 0.6 is 0 Å². The van der Waals surface area contributed by atoms with Gasteiger partial charge in [0.05, 0.1) is 6.20 Å². The lowest BCUT2D eigenvalue weighted by Gasteiger charge is -1.98. The van der Waals surface area contributed by atoms with Crippen molar-refractivity contribution in [2.45, 2.75) is 0 Å². The fourth-order valence-electron chi connectivity index (χ4n) is 1.51. The molecule has 1 aromatic carbocycles. The van der Waals surface area contributed by atoms with Crippen LogP contribution in [0.25, 0.3) is 17.2 Å². The lowest BCUT2D eigenvalue weighted by molar-refractivity contribution is -0.114.